The van der Waals surface area contributed by atoms with Gasteiger partial charge in [-0.2, -0.15) is 0 Å². The molecule has 5 nitrogen and oxygen atoms in total. The Morgan fingerprint density at radius 1 is 1.24 bits per heavy atom. The van der Waals surface area contributed by atoms with Gasteiger partial charge in [0.15, 0.2) is 0 Å². The van der Waals surface area contributed by atoms with Crippen LogP contribution >= 0.6 is 0 Å². The van der Waals surface area contributed by atoms with E-state index in [1.807, 2.05) is 0 Å². The van der Waals surface area contributed by atoms with Crippen molar-refractivity contribution in [2.75, 3.05) is 19.6 Å². The van der Waals surface area contributed by atoms with E-state index >= 15 is 0 Å². The van der Waals surface area contributed by atoms with Gasteiger partial charge in [-0.25, -0.2) is 0 Å². The van der Waals surface area contributed by atoms with Crippen LogP contribution in [0.1, 0.15) is 32.1 Å². The average Bonchev–Trinajstić information content (AvgIpc) is 2.96. The molecule has 1 unspecified atom stereocenters. The van der Waals surface area contributed by atoms with E-state index in [2.05, 4.69) is 16.0 Å². The highest BCUT2D eigenvalue weighted by Crippen LogP contribution is 2.18. The Bertz CT molecular complexity index is 283. The van der Waals surface area contributed by atoms with Gasteiger partial charge in [-0.15, -0.1) is 0 Å². The molecule has 0 spiro atoms. The molecular formula is C12H21N3O2. The monoisotopic (exact) mass is 239 g/mol. The predicted octanol–water partition coefficient (Wildman–Crippen LogP) is -0.229. The van der Waals surface area contributed by atoms with Crippen molar-refractivity contribution in [3.05, 3.63) is 0 Å². The quantitative estimate of drug-likeness (QED) is 0.561. The van der Waals surface area contributed by atoms with Crippen molar-refractivity contribution in [2.45, 2.75) is 38.1 Å². The van der Waals surface area contributed by atoms with Crippen molar-refractivity contribution < 1.29 is 9.59 Å². The Morgan fingerprint density at radius 2 is 2.06 bits per heavy atom. The molecule has 0 aromatic heterocycles. The van der Waals surface area contributed by atoms with Gasteiger partial charge in [-0.3, -0.25) is 9.59 Å². The highest BCUT2D eigenvalue weighted by atomic mass is 16.2. The zero-order chi connectivity index (χ0) is 12.1. The van der Waals surface area contributed by atoms with Crippen molar-refractivity contribution >= 4 is 11.8 Å². The molecule has 17 heavy (non-hydrogen) atoms. The molecule has 1 atom stereocenters. The van der Waals surface area contributed by atoms with Gasteiger partial charge >= 0.3 is 0 Å². The summed E-state index contributed by atoms with van der Waals surface area (Å²) >= 11 is 0. The van der Waals surface area contributed by atoms with Gasteiger partial charge in [0.05, 0.1) is 5.92 Å². The van der Waals surface area contributed by atoms with Crippen molar-refractivity contribution in [1.82, 2.24) is 16.0 Å². The van der Waals surface area contributed by atoms with Gasteiger partial charge < -0.3 is 16.0 Å². The number of carbonyl (C=O) groups is 2. The molecule has 1 aliphatic carbocycles. The molecule has 0 aromatic carbocycles. The van der Waals surface area contributed by atoms with Gasteiger partial charge in [-0.1, -0.05) is 0 Å². The van der Waals surface area contributed by atoms with Crippen LogP contribution < -0.4 is 16.0 Å². The smallest absolute Gasteiger partial charge is 0.224 e. The lowest BCUT2D eigenvalue weighted by Gasteiger charge is -2.09. The number of hydrogen-bond donors (Lipinski definition) is 3. The van der Waals surface area contributed by atoms with Crippen LogP contribution in [0.5, 0.6) is 0 Å². The van der Waals surface area contributed by atoms with Crippen molar-refractivity contribution in [1.29, 1.82) is 0 Å². The van der Waals surface area contributed by atoms with E-state index in [4.69, 9.17) is 0 Å². The highest BCUT2D eigenvalue weighted by molar-refractivity contribution is 5.79. The molecule has 1 saturated carbocycles. The molecule has 0 aromatic rings. The molecule has 2 amide bonds. The van der Waals surface area contributed by atoms with Crippen molar-refractivity contribution in [2.24, 2.45) is 5.92 Å². The molecular weight excluding hydrogens is 218 g/mol. The predicted molar refractivity (Wildman–Crippen MR) is 64.4 cm³/mol. The van der Waals surface area contributed by atoms with Gasteiger partial charge in [0, 0.05) is 25.6 Å². The number of hydrogen-bond acceptors (Lipinski definition) is 3. The fourth-order valence-corrected chi connectivity index (χ4v) is 2.01. The molecule has 0 bridgehead atoms. The first-order valence-electron chi connectivity index (χ1n) is 6.53. The molecule has 1 heterocycles. The summed E-state index contributed by atoms with van der Waals surface area (Å²) in [5, 5.41) is 8.99. The zero-order valence-corrected chi connectivity index (χ0v) is 10.1. The Hall–Kier alpha value is -1.10. The van der Waals surface area contributed by atoms with E-state index in [-0.39, 0.29) is 17.7 Å². The van der Waals surface area contributed by atoms with E-state index in [0.29, 0.717) is 19.0 Å². The minimum absolute atomic E-state index is 0.115. The maximum Gasteiger partial charge on any atom is 0.224 e. The fraction of sp³-hybridized carbons (Fsp3) is 0.833. The van der Waals surface area contributed by atoms with Crippen LogP contribution in [0.2, 0.25) is 0 Å². The summed E-state index contributed by atoms with van der Waals surface area (Å²) in [5.74, 6) is 0.358. The third-order valence-corrected chi connectivity index (χ3v) is 3.25. The summed E-state index contributed by atoms with van der Waals surface area (Å²) in [7, 11) is 0. The second kappa shape index (κ2) is 6.00. The normalized spacial score (nSPS) is 23.4. The summed E-state index contributed by atoms with van der Waals surface area (Å²) < 4.78 is 0. The maximum absolute atomic E-state index is 11.6. The Labute approximate surface area is 102 Å². The maximum atomic E-state index is 11.6. The van der Waals surface area contributed by atoms with Crippen LogP contribution in [0.3, 0.4) is 0 Å². The Kier molecular flexibility index (Phi) is 4.36. The standard InChI is InChI=1S/C12H21N3O2/c16-11(15-10-3-4-10)2-1-6-14-12(17)9-5-7-13-8-9/h9-10,13H,1-8H2,(H,14,17)(H,15,16). The second-order valence-corrected chi connectivity index (χ2v) is 4.93. The second-order valence-electron chi connectivity index (χ2n) is 4.93. The lowest BCUT2D eigenvalue weighted by atomic mass is 10.1. The lowest BCUT2D eigenvalue weighted by molar-refractivity contribution is -0.125. The molecule has 2 aliphatic rings. The van der Waals surface area contributed by atoms with E-state index in [0.717, 1.165) is 38.8 Å². The molecule has 0 radical (unpaired) electrons. The average molecular weight is 239 g/mol. The van der Waals surface area contributed by atoms with Crippen molar-refractivity contribution in [3.8, 4) is 0 Å². The van der Waals surface area contributed by atoms with Crippen LogP contribution in [-0.2, 0) is 9.59 Å². The fourth-order valence-electron chi connectivity index (χ4n) is 2.01. The van der Waals surface area contributed by atoms with Gasteiger partial charge in [0.2, 0.25) is 11.8 Å². The lowest BCUT2D eigenvalue weighted by Crippen LogP contribution is -2.33. The molecule has 5 heteroatoms. The summed E-state index contributed by atoms with van der Waals surface area (Å²) in [6.07, 6.45) is 4.41. The summed E-state index contributed by atoms with van der Waals surface area (Å²) in [5.41, 5.74) is 0. The van der Waals surface area contributed by atoms with E-state index in [9.17, 15) is 9.59 Å². The summed E-state index contributed by atoms with van der Waals surface area (Å²) in [4.78, 5) is 23.0. The first-order valence-corrected chi connectivity index (χ1v) is 6.53. The summed E-state index contributed by atoms with van der Waals surface area (Å²) in [6.45, 7) is 2.32. The Balaban J connectivity index is 1.49. The minimum Gasteiger partial charge on any atom is -0.356 e. The van der Waals surface area contributed by atoms with Gasteiger partial charge in [0.25, 0.3) is 0 Å². The van der Waals surface area contributed by atoms with Crippen LogP contribution in [0.4, 0.5) is 0 Å². The van der Waals surface area contributed by atoms with Crippen LogP contribution in [-0.4, -0.2) is 37.5 Å². The number of nitrogens with one attached hydrogen (secondary N) is 3. The van der Waals surface area contributed by atoms with Crippen LogP contribution in [0.25, 0.3) is 0 Å². The first-order chi connectivity index (χ1) is 8.25. The Morgan fingerprint density at radius 3 is 2.71 bits per heavy atom. The number of amides is 2. The number of rotatable bonds is 6. The highest BCUT2D eigenvalue weighted by Gasteiger charge is 2.23. The van der Waals surface area contributed by atoms with Crippen molar-refractivity contribution in [3.63, 3.8) is 0 Å². The molecule has 1 saturated heterocycles. The van der Waals surface area contributed by atoms with E-state index in [1.165, 1.54) is 0 Å². The van der Waals surface area contributed by atoms with Crippen LogP contribution in [0.15, 0.2) is 0 Å². The van der Waals surface area contributed by atoms with E-state index in [1.54, 1.807) is 0 Å². The molecule has 3 N–H and O–H groups in total. The van der Waals surface area contributed by atoms with Gasteiger partial charge in [0.1, 0.15) is 0 Å². The van der Waals surface area contributed by atoms with E-state index < -0.39 is 0 Å². The molecule has 96 valence electrons. The largest absolute Gasteiger partial charge is 0.356 e. The van der Waals surface area contributed by atoms with Gasteiger partial charge in [-0.05, 0) is 32.2 Å². The minimum atomic E-state index is 0.115. The summed E-state index contributed by atoms with van der Waals surface area (Å²) in [6, 6.07) is 0.432. The zero-order valence-electron chi connectivity index (χ0n) is 10.1. The molecule has 2 rings (SSSR count). The SMILES string of the molecule is O=C(CCCNC(=O)C1CCNC1)NC1CC1. The molecule has 2 fully saturated rings. The molecule has 1 aliphatic heterocycles. The van der Waals surface area contributed by atoms with Crippen LogP contribution in [0, 0.1) is 5.92 Å². The third kappa shape index (κ3) is 4.34. The first kappa shape index (κ1) is 12.4. The topological polar surface area (TPSA) is 70.2 Å². The third-order valence-electron chi connectivity index (χ3n) is 3.25. The number of carbonyl (C=O) groups excluding carboxylic acids is 2.